The largest absolute Gasteiger partial charge is 0.302 e. The van der Waals surface area contributed by atoms with Gasteiger partial charge in [0.2, 0.25) is 5.91 Å². The van der Waals surface area contributed by atoms with Gasteiger partial charge in [-0.2, -0.15) is 0 Å². The van der Waals surface area contributed by atoms with Crippen molar-refractivity contribution >= 4 is 28.2 Å². The van der Waals surface area contributed by atoms with Gasteiger partial charge in [0.15, 0.2) is 10.9 Å². The van der Waals surface area contributed by atoms with E-state index >= 15 is 0 Å². The van der Waals surface area contributed by atoms with E-state index in [4.69, 9.17) is 0 Å². The third-order valence-electron chi connectivity index (χ3n) is 4.10. The average Bonchev–Trinajstić information content (AvgIpc) is 2.96. The van der Waals surface area contributed by atoms with Crippen LogP contribution in [0.4, 0.5) is 5.13 Å². The number of hydrogen-bond acceptors (Lipinski definition) is 4. The van der Waals surface area contributed by atoms with Crippen LogP contribution in [-0.4, -0.2) is 16.7 Å². The van der Waals surface area contributed by atoms with Crippen molar-refractivity contribution in [3.05, 3.63) is 46.5 Å². The summed E-state index contributed by atoms with van der Waals surface area (Å²) in [6.07, 6.45) is 3.63. The van der Waals surface area contributed by atoms with Crippen molar-refractivity contribution < 1.29 is 9.59 Å². The second kappa shape index (κ2) is 7.04. The molecule has 0 aliphatic heterocycles. The van der Waals surface area contributed by atoms with Crippen molar-refractivity contribution in [3.8, 4) is 0 Å². The molecule has 1 N–H and O–H groups in total. The van der Waals surface area contributed by atoms with Gasteiger partial charge in [0.1, 0.15) is 0 Å². The highest BCUT2D eigenvalue weighted by atomic mass is 32.1. The molecule has 1 aromatic heterocycles. The summed E-state index contributed by atoms with van der Waals surface area (Å²) in [5, 5.41) is 3.38. The van der Waals surface area contributed by atoms with Gasteiger partial charge >= 0.3 is 0 Å². The average molecular weight is 328 g/mol. The molecule has 4 nitrogen and oxygen atoms in total. The number of benzene rings is 1. The zero-order chi connectivity index (χ0) is 16.2. The van der Waals surface area contributed by atoms with Crippen LogP contribution in [0.25, 0.3) is 0 Å². The van der Waals surface area contributed by atoms with Gasteiger partial charge < -0.3 is 5.32 Å². The number of carbonyl (C=O) groups is 2. The van der Waals surface area contributed by atoms with Gasteiger partial charge in [0, 0.05) is 12.8 Å². The number of ketones is 1. The first-order chi connectivity index (χ1) is 11.2. The van der Waals surface area contributed by atoms with E-state index in [0.717, 1.165) is 25.0 Å². The van der Waals surface area contributed by atoms with Gasteiger partial charge in [-0.25, -0.2) is 4.98 Å². The van der Waals surface area contributed by atoms with Crippen LogP contribution in [0.15, 0.2) is 30.3 Å². The molecule has 1 aliphatic carbocycles. The molecular weight excluding hydrogens is 308 g/mol. The second-order valence-corrected chi connectivity index (χ2v) is 6.88. The first-order valence-corrected chi connectivity index (χ1v) is 8.86. The van der Waals surface area contributed by atoms with Crippen LogP contribution in [0.5, 0.6) is 0 Å². The van der Waals surface area contributed by atoms with Crippen LogP contribution in [0.3, 0.4) is 0 Å². The van der Waals surface area contributed by atoms with Gasteiger partial charge in [0.05, 0.1) is 10.6 Å². The minimum Gasteiger partial charge on any atom is -0.302 e. The van der Waals surface area contributed by atoms with Crippen LogP contribution in [0, 0.1) is 0 Å². The number of nitrogens with one attached hydrogen (secondary N) is 1. The number of amides is 1. The summed E-state index contributed by atoms with van der Waals surface area (Å²) in [7, 11) is 0. The first kappa shape index (κ1) is 15.9. The van der Waals surface area contributed by atoms with E-state index in [-0.39, 0.29) is 17.6 Å². The molecule has 1 heterocycles. The number of carbonyl (C=O) groups excluding carboxylic acids is 2. The fraction of sp³-hybridized carbons (Fsp3) is 0.389. The highest BCUT2D eigenvalue weighted by molar-refractivity contribution is 7.17. The number of hydrogen-bond donors (Lipinski definition) is 1. The molecular formula is C18H20N2O2S. The second-order valence-electron chi connectivity index (χ2n) is 5.89. The van der Waals surface area contributed by atoms with Crippen molar-refractivity contribution in [1.29, 1.82) is 0 Å². The van der Waals surface area contributed by atoms with E-state index in [1.807, 2.05) is 18.2 Å². The number of thiazole rings is 1. The molecule has 1 atom stereocenters. The molecule has 1 aromatic carbocycles. The Morgan fingerprint density at radius 2 is 2.09 bits per heavy atom. The van der Waals surface area contributed by atoms with E-state index in [1.54, 1.807) is 0 Å². The number of anilines is 1. The number of rotatable bonds is 5. The third-order valence-corrected chi connectivity index (χ3v) is 5.15. The first-order valence-electron chi connectivity index (χ1n) is 8.05. The van der Waals surface area contributed by atoms with Crippen LogP contribution in [0.1, 0.15) is 59.5 Å². The Hall–Kier alpha value is -2.01. The number of nitrogens with zero attached hydrogens (tertiary/aromatic N) is 1. The lowest BCUT2D eigenvalue weighted by molar-refractivity contribution is -0.116. The zero-order valence-electron chi connectivity index (χ0n) is 13.2. The Labute approximate surface area is 140 Å². The lowest BCUT2D eigenvalue weighted by atomic mass is 9.85. The molecule has 23 heavy (non-hydrogen) atoms. The van der Waals surface area contributed by atoms with E-state index in [9.17, 15) is 9.59 Å². The maximum atomic E-state index is 12.4. The van der Waals surface area contributed by atoms with Crippen molar-refractivity contribution in [2.24, 2.45) is 0 Å². The summed E-state index contributed by atoms with van der Waals surface area (Å²) < 4.78 is 0. The number of aromatic nitrogens is 1. The Morgan fingerprint density at radius 3 is 2.83 bits per heavy atom. The molecule has 0 spiro atoms. The van der Waals surface area contributed by atoms with Crippen molar-refractivity contribution in [2.45, 2.75) is 44.9 Å². The molecule has 5 heteroatoms. The quantitative estimate of drug-likeness (QED) is 0.895. The van der Waals surface area contributed by atoms with E-state index in [2.05, 4.69) is 29.4 Å². The maximum absolute atomic E-state index is 12.4. The standard InChI is InChI=1S/C18H20N2O2S/c1-2-3-9-16(22)20-18-19-14-10-13(11-15(21)17(14)23-18)12-7-5-4-6-8-12/h4-8,13H,2-3,9-11H2,1H3,(H,19,20,22). The Kier molecular flexibility index (Phi) is 4.86. The minimum atomic E-state index is -0.0231. The summed E-state index contributed by atoms with van der Waals surface area (Å²) in [6, 6.07) is 10.1. The number of Topliss-reactive ketones (excluding diaryl/α,β-unsaturated/α-hetero) is 1. The minimum absolute atomic E-state index is 0.0231. The highest BCUT2D eigenvalue weighted by Crippen LogP contribution is 2.36. The summed E-state index contributed by atoms with van der Waals surface area (Å²) in [6.45, 7) is 2.05. The molecule has 1 aliphatic rings. The molecule has 2 aromatic rings. The topological polar surface area (TPSA) is 59.1 Å². The molecule has 0 saturated heterocycles. The number of unbranched alkanes of at least 4 members (excludes halogenated alkanes) is 1. The van der Waals surface area contributed by atoms with E-state index in [0.29, 0.717) is 22.9 Å². The van der Waals surface area contributed by atoms with Gasteiger partial charge in [-0.1, -0.05) is 55.0 Å². The molecule has 0 radical (unpaired) electrons. The fourth-order valence-corrected chi connectivity index (χ4v) is 3.82. The summed E-state index contributed by atoms with van der Waals surface area (Å²) >= 11 is 1.31. The van der Waals surface area contributed by atoms with E-state index < -0.39 is 0 Å². The van der Waals surface area contributed by atoms with Crippen LogP contribution >= 0.6 is 11.3 Å². The maximum Gasteiger partial charge on any atom is 0.226 e. The van der Waals surface area contributed by atoms with E-state index in [1.165, 1.54) is 16.9 Å². The molecule has 1 amide bonds. The van der Waals surface area contributed by atoms with Crippen molar-refractivity contribution in [1.82, 2.24) is 4.98 Å². The highest BCUT2D eigenvalue weighted by Gasteiger charge is 2.30. The Morgan fingerprint density at radius 1 is 1.30 bits per heavy atom. The molecule has 120 valence electrons. The number of fused-ring (bicyclic) bond motifs is 1. The summed E-state index contributed by atoms with van der Waals surface area (Å²) in [5.74, 6) is 0.290. The van der Waals surface area contributed by atoms with Crippen LogP contribution in [0.2, 0.25) is 0 Å². The molecule has 0 fully saturated rings. The SMILES string of the molecule is CCCCC(=O)Nc1nc2c(s1)C(=O)CC(c1ccccc1)C2. The lowest BCUT2D eigenvalue weighted by Gasteiger charge is -2.20. The molecule has 0 saturated carbocycles. The molecule has 0 bridgehead atoms. The molecule has 1 unspecified atom stereocenters. The van der Waals surface area contributed by atoms with Gasteiger partial charge in [-0.15, -0.1) is 0 Å². The third kappa shape index (κ3) is 3.67. The predicted molar refractivity (Wildman–Crippen MR) is 92.1 cm³/mol. The monoisotopic (exact) mass is 328 g/mol. The summed E-state index contributed by atoms with van der Waals surface area (Å²) in [5.41, 5.74) is 2.00. The van der Waals surface area contributed by atoms with Crippen LogP contribution in [-0.2, 0) is 11.2 Å². The normalized spacial score (nSPS) is 16.9. The lowest BCUT2D eigenvalue weighted by Crippen LogP contribution is -2.17. The predicted octanol–water partition coefficient (Wildman–Crippen LogP) is 4.18. The smallest absolute Gasteiger partial charge is 0.226 e. The van der Waals surface area contributed by atoms with Gasteiger partial charge in [-0.3, -0.25) is 9.59 Å². The van der Waals surface area contributed by atoms with Crippen molar-refractivity contribution in [3.63, 3.8) is 0 Å². The molecule has 3 rings (SSSR count). The van der Waals surface area contributed by atoms with Gasteiger partial charge in [0.25, 0.3) is 0 Å². The Bertz CT molecular complexity index is 709. The van der Waals surface area contributed by atoms with Crippen LogP contribution < -0.4 is 5.32 Å². The fourth-order valence-electron chi connectivity index (χ4n) is 2.86. The zero-order valence-corrected chi connectivity index (χ0v) is 14.0. The Balaban J connectivity index is 1.74. The van der Waals surface area contributed by atoms with Gasteiger partial charge in [-0.05, 0) is 24.3 Å². The summed E-state index contributed by atoms with van der Waals surface area (Å²) in [4.78, 5) is 29.4. The van der Waals surface area contributed by atoms with Crippen molar-refractivity contribution in [2.75, 3.05) is 5.32 Å².